The number of imide groups is 1. The predicted octanol–water partition coefficient (Wildman–Crippen LogP) is -0.750. The van der Waals surface area contributed by atoms with Crippen LogP contribution in [-0.4, -0.2) is 64.4 Å². The highest BCUT2D eigenvalue weighted by Crippen LogP contribution is 2.04. The lowest BCUT2D eigenvalue weighted by atomic mass is 10.2. The molecule has 19 heavy (non-hydrogen) atoms. The van der Waals surface area contributed by atoms with Gasteiger partial charge in [-0.05, 0) is 13.8 Å². The van der Waals surface area contributed by atoms with E-state index in [0.29, 0.717) is 0 Å². The largest absolute Gasteiger partial charge is 0.480 e. The van der Waals surface area contributed by atoms with Crippen molar-refractivity contribution in [2.24, 2.45) is 0 Å². The van der Waals surface area contributed by atoms with E-state index in [1.54, 1.807) is 13.8 Å². The number of hydrogen-bond acceptors (Lipinski definition) is 4. The minimum Gasteiger partial charge on any atom is -0.480 e. The zero-order valence-electron chi connectivity index (χ0n) is 10.9. The molecule has 8 heteroatoms. The molecule has 0 spiro atoms. The molecule has 1 heterocycles. The van der Waals surface area contributed by atoms with Crippen LogP contribution in [0.25, 0.3) is 0 Å². The van der Waals surface area contributed by atoms with E-state index in [1.807, 2.05) is 0 Å². The van der Waals surface area contributed by atoms with Gasteiger partial charge in [0.05, 0.1) is 0 Å². The number of carboxylic acids is 1. The molecule has 1 aliphatic rings. The second-order valence-corrected chi connectivity index (χ2v) is 4.53. The van der Waals surface area contributed by atoms with Crippen LogP contribution in [0, 0.1) is 0 Å². The number of nitrogens with one attached hydrogen (secondary N) is 1. The van der Waals surface area contributed by atoms with Gasteiger partial charge in [-0.15, -0.1) is 0 Å². The number of nitrogens with zero attached hydrogens (tertiary/aromatic N) is 2. The van der Waals surface area contributed by atoms with E-state index in [4.69, 9.17) is 5.11 Å². The molecular weight excluding hydrogens is 254 g/mol. The third-order valence-electron chi connectivity index (χ3n) is 2.72. The summed E-state index contributed by atoms with van der Waals surface area (Å²) in [6.45, 7) is 2.91. The highest BCUT2D eigenvalue weighted by Gasteiger charge is 2.28. The highest BCUT2D eigenvalue weighted by atomic mass is 16.4. The van der Waals surface area contributed by atoms with Gasteiger partial charge in [-0.3, -0.25) is 19.7 Å². The Morgan fingerprint density at radius 1 is 1.42 bits per heavy atom. The first kappa shape index (κ1) is 14.9. The summed E-state index contributed by atoms with van der Waals surface area (Å²) in [5.74, 6) is -1.94. The maximum atomic E-state index is 12.0. The molecule has 1 fully saturated rings. The van der Waals surface area contributed by atoms with Crippen molar-refractivity contribution >= 4 is 23.8 Å². The predicted molar refractivity (Wildman–Crippen MR) is 64.2 cm³/mol. The summed E-state index contributed by atoms with van der Waals surface area (Å²) in [5, 5.41) is 10.8. The van der Waals surface area contributed by atoms with Crippen LogP contribution in [-0.2, 0) is 14.4 Å². The molecule has 4 amide bonds. The molecule has 8 nitrogen and oxygen atoms in total. The van der Waals surface area contributed by atoms with Crippen molar-refractivity contribution in [1.82, 2.24) is 15.1 Å². The van der Waals surface area contributed by atoms with Crippen molar-refractivity contribution in [2.75, 3.05) is 19.6 Å². The van der Waals surface area contributed by atoms with Gasteiger partial charge in [0, 0.05) is 19.0 Å². The van der Waals surface area contributed by atoms with Crippen LogP contribution in [0.2, 0.25) is 0 Å². The lowest BCUT2D eigenvalue weighted by Gasteiger charge is -2.30. The summed E-state index contributed by atoms with van der Waals surface area (Å²) in [4.78, 5) is 47.4. The standard InChI is InChI=1S/C11H17N3O5/c1-7(2)14(6-10(17)18)9(16)5-13-4-3-8(15)12-11(13)19/h7H,3-6H2,1-2H3,(H,17,18)(H,12,15,19). The topological polar surface area (TPSA) is 107 Å². The monoisotopic (exact) mass is 271 g/mol. The molecule has 1 aliphatic heterocycles. The van der Waals surface area contributed by atoms with Gasteiger partial charge in [-0.25, -0.2) is 4.79 Å². The fourth-order valence-electron chi connectivity index (χ4n) is 1.71. The number of aliphatic carboxylic acids is 1. The smallest absolute Gasteiger partial charge is 0.324 e. The third-order valence-corrected chi connectivity index (χ3v) is 2.72. The Kier molecular flexibility index (Phi) is 4.85. The normalized spacial score (nSPS) is 15.4. The number of carbonyl (C=O) groups is 4. The molecule has 0 radical (unpaired) electrons. The molecule has 1 saturated heterocycles. The first-order valence-corrected chi connectivity index (χ1v) is 5.91. The number of urea groups is 1. The van der Waals surface area contributed by atoms with Gasteiger partial charge in [0.2, 0.25) is 11.8 Å². The number of carbonyl (C=O) groups excluding carboxylic acids is 3. The average Bonchev–Trinajstić information content (AvgIpc) is 2.29. The van der Waals surface area contributed by atoms with Crippen molar-refractivity contribution < 1.29 is 24.3 Å². The number of rotatable bonds is 5. The van der Waals surface area contributed by atoms with Crippen LogP contribution in [0.15, 0.2) is 0 Å². The molecule has 0 saturated carbocycles. The van der Waals surface area contributed by atoms with Gasteiger partial charge >= 0.3 is 12.0 Å². The Morgan fingerprint density at radius 3 is 2.53 bits per heavy atom. The van der Waals surface area contributed by atoms with Crippen molar-refractivity contribution in [3.8, 4) is 0 Å². The van der Waals surface area contributed by atoms with E-state index in [9.17, 15) is 19.2 Å². The second kappa shape index (κ2) is 6.17. The van der Waals surface area contributed by atoms with Crippen LogP contribution in [0.3, 0.4) is 0 Å². The molecule has 106 valence electrons. The molecule has 0 aromatic heterocycles. The van der Waals surface area contributed by atoms with Gasteiger partial charge in [0.1, 0.15) is 13.1 Å². The fourth-order valence-corrected chi connectivity index (χ4v) is 1.71. The Balaban J connectivity index is 2.63. The van der Waals surface area contributed by atoms with E-state index < -0.39 is 24.5 Å². The minimum atomic E-state index is -1.11. The lowest BCUT2D eigenvalue weighted by molar-refractivity contribution is -0.146. The average molecular weight is 271 g/mol. The van der Waals surface area contributed by atoms with Gasteiger partial charge < -0.3 is 14.9 Å². The van der Waals surface area contributed by atoms with E-state index >= 15 is 0 Å². The summed E-state index contributed by atoms with van der Waals surface area (Å²) in [5.41, 5.74) is 0. The van der Waals surface area contributed by atoms with E-state index in [-0.39, 0.29) is 31.5 Å². The molecular formula is C11H17N3O5. The number of amides is 4. The molecule has 0 atom stereocenters. The minimum absolute atomic E-state index is 0.139. The first-order valence-electron chi connectivity index (χ1n) is 5.91. The Hall–Kier alpha value is -2.12. The van der Waals surface area contributed by atoms with Crippen LogP contribution in [0.1, 0.15) is 20.3 Å². The van der Waals surface area contributed by atoms with Crippen molar-refractivity contribution in [2.45, 2.75) is 26.3 Å². The van der Waals surface area contributed by atoms with E-state index in [0.717, 1.165) is 0 Å². The zero-order chi connectivity index (χ0) is 14.6. The molecule has 0 aromatic rings. The molecule has 1 rings (SSSR count). The van der Waals surface area contributed by atoms with E-state index in [1.165, 1.54) is 9.80 Å². The lowest BCUT2D eigenvalue weighted by Crippen LogP contribution is -2.54. The summed E-state index contributed by atoms with van der Waals surface area (Å²) >= 11 is 0. The van der Waals surface area contributed by atoms with Crippen molar-refractivity contribution in [1.29, 1.82) is 0 Å². The molecule has 0 aliphatic carbocycles. The Labute approximate surface area is 110 Å². The van der Waals surface area contributed by atoms with Crippen LogP contribution >= 0.6 is 0 Å². The van der Waals surface area contributed by atoms with E-state index in [2.05, 4.69) is 5.32 Å². The maximum absolute atomic E-state index is 12.0. The summed E-state index contributed by atoms with van der Waals surface area (Å²) in [7, 11) is 0. The number of hydrogen-bond donors (Lipinski definition) is 2. The SMILES string of the molecule is CC(C)N(CC(=O)O)C(=O)CN1CCC(=O)NC1=O. The Bertz CT molecular complexity index is 407. The second-order valence-electron chi connectivity index (χ2n) is 4.53. The maximum Gasteiger partial charge on any atom is 0.324 e. The van der Waals surface area contributed by atoms with Gasteiger partial charge in [-0.1, -0.05) is 0 Å². The fraction of sp³-hybridized carbons (Fsp3) is 0.636. The summed E-state index contributed by atoms with van der Waals surface area (Å²) in [6, 6.07) is -0.901. The summed E-state index contributed by atoms with van der Waals surface area (Å²) < 4.78 is 0. The third kappa shape index (κ3) is 4.23. The first-order chi connectivity index (χ1) is 8.81. The van der Waals surface area contributed by atoms with Crippen LogP contribution < -0.4 is 5.32 Å². The molecule has 2 N–H and O–H groups in total. The van der Waals surface area contributed by atoms with Crippen LogP contribution in [0.4, 0.5) is 4.79 Å². The van der Waals surface area contributed by atoms with Crippen LogP contribution in [0.5, 0.6) is 0 Å². The zero-order valence-corrected chi connectivity index (χ0v) is 10.9. The quantitative estimate of drug-likeness (QED) is 0.684. The molecule has 0 unspecified atom stereocenters. The van der Waals surface area contributed by atoms with Gasteiger partial charge in [-0.2, -0.15) is 0 Å². The highest BCUT2D eigenvalue weighted by molar-refractivity contribution is 5.98. The number of carboxylic acid groups (broad SMARTS) is 1. The molecule has 0 aromatic carbocycles. The van der Waals surface area contributed by atoms with Crippen molar-refractivity contribution in [3.05, 3.63) is 0 Å². The summed E-state index contributed by atoms with van der Waals surface area (Å²) in [6.07, 6.45) is 0.139. The van der Waals surface area contributed by atoms with Gasteiger partial charge in [0.15, 0.2) is 0 Å². The Morgan fingerprint density at radius 2 is 2.05 bits per heavy atom. The van der Waals surface area contributed by atoms with Gasteiger partial charge in [0.25, 0.3) is 0 Å². The van der Waals surface area contributed by atoms with Crippen molar-refractivity contribution in [3.63, 3.8) is 0 Å². The molecule has 0 bridgehead atoms.